The molecule has 0 aliphatic rings. The lowest BCUT2D eigenvalue weighted by molar-refractivity contribution is 0.0529. The molecule has 0 radical (unpaired) electrons. The van der Waals surface area contributed by atoms with E-state index < -0.39 is 11.7 Å². The van der Waals surface area contributed by atoms with Crippen LogP contribution in [0.4, 0.5) is 4.79 Å². The molecule has 0 bridgehead atoms. The highest BCUT2D eigenvalue weighted by atomic mass is 16.6. The summed E-state index contributed by atoms with van der Waals surface area (Å²) in [7, 11) is 0. The molecule has 0 unspecified atom stereocenters. The molecule has 1 rings (SSSR count). The quantitative estimate of drug-likeness (QED) is 0.341. The molecule has 1 amide bonds. The van der Waals surface area contributed by atoms with Crippen molar-refractivity contribution in [2.24, 2.45) is 4.99 Å². The van der Waals surface area contributed by atoms with Gasteiger partial charge >= 0.3 is 6.09 Å². The van der Waals surface area contributed by atoms with Gasteiger partial charge in [-0.3, -0.25) is 0 Å². The number of guanidine groups is 1. The monoisotopic (exact) mass is 350 g/mol. The van der Waals surface area contributed by atoms with Crippen LogP contribution in [-0.2, 0) is 17.9 Å². The van der Waals surface area contributed by atoms with Crippen LogP contribution in [0.15, 0.2) is 29.3 Å². The Morgan fingerprint density at radius 2 is 1.76 bits per heavy atom. The molecule has 25 heavy (non-hydrogen) atoms. The Balaban J connectivity index is 2.47. The normalized spacial score (nSPS) is 11.8. The third-order valence-electron chi connectivity index (χ3n) is 3.13. The van der Waals surface area contributed by atoms with Gasteiger partial charge in [0.05, 0.1) is 13.2 Å². The van der Waals surface area contributed by atoms with Gasteiger partial charge in [-0.2, -0.15) is 0 Å². The second-order valence-corrected chi connectivity index (χ2v) is 6.48. The number of nitrogens with zero attached hydrogens (tertiary/aromatic N) is 1. The van der Waals surface area contributed by atoms with Crippen molar-refractivity contribution in [3.8, 4) is 0 Å². The topological polar surface area (TPSA) is 95.0 Å². The van der Waals surface area contributed by atoms with Crippen LogP contribution in [0.2, 0.25) is 0 Å². The van der Waals surface area contributed by atoms with Crippen LogP contribution < -0.4 is 16.0 Å². The van der Waals surface area contributed by atoms with Crippen molar-refractivity contribution in [1.82, 2.24) is 16.0 Å². The van der Waals surface area contributed by atoms with E-state index in [1.165, 1.54) is 0 Å². The van der Waals surface area contributed by atoms with Gasteiger partial charge in [-0.25, -0.2) is 9.79 Å². The van der Waals surface area contributed by atoms with Gasteiger partial charge in [0.25, 0.3) is 0 Å². The van der Waals surface area contributed by atoms with Crippen molar-refractivity contribution in [1.29, 1.82) is 0 Å². The van der Waals surface area contributed by atoms with Crippen LogP contribution in [0.1, 0.15) is 38.8 Å². The van der Waals surface area contributed by atoms with Crippen LogP contribution in [0, 0.1) is 0 Å². The van der Waals surface area contributed by atoms with Gasteiger partial charge in [-0.15, -0.1) is 0 Å². The maximum Gasteiger partial charge on any atom is 0.407 e. The Labute approximate surface area is 149 Å². The van der Waals surface area contributed by atoms with Crippen LogP contribution in [0.5, 0.6) is 0 Å². The number of carbonyl (C=O) groups excluding carboxylic acids is 1. The standard InChI is InChI=1S/C18H30N4O3/c1-5-19-16(20-10-11-21-17(24)25-18(2,3)4)22-12-14-8-6-7-9-15(14)13-23/h6-9,23H,5,10-13H2,1-4H3,(H,21,24)(H2,19,20,22). The zero-order valence-corrected chi connectivity index (χ0v) is 15.6. The Morgan fingerprint density at radius 3 is 2.36 bits per heavy atom. The van der Waals surface area contributed by atoms with Crippen molar-refractivity contribution in [3.05, 3.63) is 35.4 Å². The smallest absolute Gasteiger partial charge is 0.407 e. The molecule has 0 spiro atoms. The predicted octanol–water partition coefficient (Wildman–Crippen LogP) is 1.76. The average Bonchev–Trinajstić information content (AvgIpc) is 2.55. The SMILES string of the molecule is CCNC(=NCc1ccccc1CO)NCCNC(=O)OC(C)(C)C. The predicted molar refractivity (Wildman–Crippen MR) is 99.4 cm³/mol. The van der Waals surface area contributed by atoms with Crippen molar-refractivity contribution >= 4 is 12.1 Å². The number of nitrogens with one attached hydrogen (secondary N) is 3. The van der Waals surface area contributed by atoms with E-state index >= 15 is 0 Å². The highest BCUT2D eigenvalue weighted by Crippen LogP contribution is 2.09. The van der Waals surface area contributed by atoms with E-state index in [1.54, 1.807) is 0 Å². The third kappa shape index (κ3) is 8.95. The summed E-state index contributed by atoms with van der Waals surface area (Å²) in [4.78, 5) is 16.1. The molecular formula is C18H30N4O3. The van der Waals surface area contributed by atoms with E-state index in [1.807, 2.05) is 52.0 Å². The number of benzene rings is 1. The average molecular weight is 350 g/mol. The van der Waals surface area contributed by atoms with Crippen LogP contribution in [0.25, 0.3) is 0 Å². The van der Waals surface area contributed by atoms with Crippen LogP contribution in [-0.4, -0.2) is 42.4 Å². The second kappa shape index (κ2) is 10.6. The van der Waals surface area contributed by atoms with Gasteiger partial charge in [0.15, 0.2) is 5.96 Å². The van der Waals surface area contributed by atoms with Gasteiger partial charge in [0.2, 0.25) is 0 Å². The lowest BCUT2D eigenvalue weighted by Gasteiger charge is -2.20. The number of rotatable bonds is 7. The fourth-order valence-electron chi connectivity index (χ4n) is 2.03. The zero-order valence-electron chi connectivity index (χ0n) is 15.6. The fraction of sp³-hybridized carbons (Fsp3) is 0.556. The van der Waals surface area contributed by atoms with Crippen LogP contribution in [0.3, 0.4) is 0 Å². The molecule has 7 heteroatoms. The van der Waals surface area contributed by atoms with Gasteiger partial charge in [0, 0.05) is 19.6 Å². The zero-order chi connectivity index (χ0) is 18.7. The molecule has 0 saturated carbocycles. The number of alkyl carbamates (subject to hydrolysis) is 1. The Bertz CT molecular complexity index is 568. The molecule has 1 aromatic carbocycles. The van der Waals surface area contributed by atoms with E-state index in [2.05, 4.69) is 20.9 Å². The maximum absolute atomic E-state index is 11.6. The molecule has 0 aliphatic heterocycles. The maximum atomic E-state index is 11.6. The summed E-state index contributed by atoms with van der Waals surface area (Å²) in [5.74, 6) is 0.654. The summed E-state index contributed by atoms with van der Waals surface area (Å²) < 4.78 is 5.18. The van der Waals surface area contributed by atoms with Crippen molar-refractivity contribution in [2.45, 2.75) is 46.4 Å². The molecule has 1 aromatic rings. The molecule has 0 fully saturated rings. The van der Waals surface area contributed by atoms with Crippen molar-refractivity contribution < 1.29 is 14.6 Å². The third-order valence-corrected chi connectivity index (χ3v) is 3.13. The number of aliphatic hydroxyl groups is 1. The lowest BCUT2D eigenvalue weighted by Crippen LogP contribution is -2.42. The molecule has 0 aliphatic carbocycles. The first kappa shape index (κ1) is 20.8. The van der Waals surface area contributed by atoms with E-state index in [0.29, 0.717) is 25.6 Å². The van der Waals surface area contributed by atoms with Gasteiger partial charge < -0.3 is 25.8 Å². The number of ether oxygens (including phenoxy) is 1. The van der Waals surface area contributed by atoms with Crippen molar-refractivity contribution in [2.75, 3.05) is 19.6 Å². The molecule has 0 atom stereocenters. The molecule has 140 valence electrons. The van der Waals surface area contributed by atoms with E-state index in [-0.39, 0.29) is 6.61 Å². The number of amides is 1. The molecule has 7 nitrogen and oxygen atoms in total. The Morgan fingerprint density at radius 1 is 1.12 bits per heavy atom. The summed E-state index contributed by atoms with van der Waals surface area (Å²) in [6, 6.07) is 7.65. The van der Waals surface area contributed by atoms with Gasteiger partial charge in [0.1, 0.15) is 5.60 Å². The Hall–Kier alpha value is -2.28. The first-order valence-electron chi connectivity index (χ1n) is 8.52. The first-order valence-corrected chi connectivity index (χ1v) is 8.52. The van der Waals surface area contributed by atoms with E-state index in [0.717, 1.165) is 17.7 Å². The number of hydrogen-bond donors (Lipinski definition) is 4. The second-order valence-electron chi connectivity index (χ2n) is 6.48. The number of hydrogen-bond acceptors (Lipinski definition) is 4. The number of aliphatic hydroxyl groups excluding tert-OH is 1. The number of carbonyl (C=O) groups is 1. The largest absolute Gasteiger partial charge is 0.444 e. The van der Waals surface area contributed by atoms with Crippen LogP contribution >= 0.6 is 0 Å². The van der Waals surface area contributed by atoms with E-state index in [4.69, 9.17) is 4.74 Å². The summed E-state index contributed by atoms with van der Waals surface area (Å²) in [5, 5.41) is 18.4. The summed E-state index contributed by atoms with van der Waals surface area (Å²) >= 11 is 0. The summed E-state index contributed by atoms with van der Waals surface area (Å²) in [6.45, 7) is 9.59. The molecular weight excluding hydrogens is 320 g/mol. The Kier molecular flexibility index (Phi) is 8.77. The number of aliphatic imine (C=N–C) groups is 1. The minimum Gasteiger partial charge on any atom is -0.444 e. The molecule has 0 saturated heterocycles. The fourth-order valence-corrected chi connectivity index (χ4v) is 2.03. The first-order chi connectivity index (χ1) is 11.9. The molecule has 0 heterocycles. The van der Waals surface area contributed by atoms with Gasteiger partial charge in [-0.05, 0) is 38.8 Å². The minimum atomic E-state index is -0.506. The van der Waals surface area contributed by atoms with Gasteiger partial charge in [-0.1, -0.05) is 24.3 Å². The minimum absolute atomic E-state index is 0.00449. The summed E-state index contributed by atoms with van der Waals surface area (Å²) in [5.41, 5.74) is 1.34. The highest BCUT2D eigenvalue weighted by Gasteiger charge is 2.15. The molecule has 0 aromatic heterocycles. The summed E-state index contributed by atoms with van der Waals surface area (Å²) in [6.07, 6.45) is -0.437. The molecule has 4 N–H and O–H groups in total. The van der Waals surface area contributed by atoms with Crippen molar-refractivity contribution in [3.63, 3.8) is 0 Å². The lowest BCUT2D eigenvalue weighted by atomic mass is 10.1. The highest BCUT2D eigenvalue weighted by molar-refractivity contribution is 5.79. The van der Waals surface area contributed by atoms with E-state index in [9.17, 15) is 9.90 Å².